The molecule has 0 spiro atoms. The summed E-state index contributed by atoms with van der Waals surface area (Å²) in [7, 11) is 0. The molecule has 7 nitrogen and oxygen atoms in total. The Morgan fingerprint density at radius 3 is 2.45 bits per heavy atom. The molecule has 1 aliphatic carbocycles. The van der Waals surface area contributed by atoms with Crippen molar-refractivity contribution < 1.29 is 18.4 Å². The molecule has 3 rings (SSSR count). The van der Waals surface area contributed by atoms with Crippen molar-refractivity contribution in [3.05, 3.63) is 70.9 Å². The monoisotopic (exact) mass is 446 g/mol. The molecule has 162 valence electrons. The predicted molar refractivity (Wildman–Crippen MR) is 119 cm³/mol. The minimum atomic E-state index is -1.39. The van der Waals surface area contributed by atoms with Crippen molar-refractivity contribution in [2.24, 2.45) is 22.2 Å². The normalized spacial score (nSPS) is 21.0. The second-order valence-corrected chi connectivity index (χ2v) is 7.85. The molecule has 7 N–H and O–H groups in total. The van der Waals surface area contributed by atoms with Gasteiger partial charge in [-0.2, -0.15) is 0 Å². The third-order valence-electron chi connectivity index (χ3n) is 5.00. The molecule has 0 bridgehead atoms. The Morgan fingerprint density at radius 1 is 1.19 bits per heavy atom. The highest BCUT2D eigenvalue weighted by atomic mass is 32.1. The first-order valence-corrected chi connectivity index (χ1v) is 9.75. The lowest BCUT2D eigenvalue weighted by Crippen LogP contribution is -2.39. The fraction of sp³-hybridized carbons (Fsp3) is 0.190. The molecule has 2 aromatic rings. The van der Waals surface area contributed by atoms with Crippen molar-refractivity contribution in [2.45, 2.75) is 24.8 Å². The van der Waals surface area contributed by atoms with Gasteiger partial charge in [0.2, 0.25) is 11.0 Å². The first-order chi connectivity index (χ1) is 14.5. The molecule has 2 amide bonds. The molecule has 1 fully saturated rings. The number of rotatable bonds is 7. The molecule has 1 aliphatic rings. The smallest absolute Gasteiger partial charge is 0.251 e. The Kier molecular flexibility index (Phi) is 6.03. The quantitative estimate of drug-likeness (QED) is 0.293. The van der Waals surface area contributed by atoms with Crippen LogP contribution in [0.2, 0.25) is 0 Å². The Labute approximate surface area is 182 Å². The van der Waals surface area contributed by atoms with Gasteiger partial charge in [0.1, 0.15) is 17.2 Å². The number of nitrogens with two attached hydrogens (primary N) is 3. The van der Waals surface area contributed by atoms with Crippen LogP contribution in [0.5, 0.6) is 0 Å². The lowest BCUT2D eigenvalue weighted by atomic mass is 10.0. The van der Waals surface area contributed by atoms with Gasteiger partial charge in [-0.3, -0.25) is 9.59 Å². The summed E-state index contributed by atoms with van der Waals surface area (Å²) in [5, 5.41) is 3.06. The summed E-state index contributed by atoms with van der Waals surface area (Å²) in [4.78, 5) is 28.2. The number of amides is 2. The largest absolute Gasteiger partial charge is 0.402 e. The van der Waals surface area contributed by atoms with E-state index in [1.807, 2.05) is 0 Å². The van der Waals surface area contributed by atoms with Crippen molar-refractivity contribution >= 4 is 40.9 Å². The third kappa shape index (κ3) is 4.53. The number of nitrogens with zero attached hydrogens (tertiary/aromatic N) is 1. The van der Waals surface area contributed by atoms with Crippen LogP contribution in [0.25, 0.3) is 0 Å². The van der Waals surface area contributed by atoms with Crippen molar-refractivity contribution in [3.63, 3.8) is 0 Å². The Bertz CT molecular complexity index is 1130. The molecular weight excluding hydrogens is 424 g/mol. The van der Waals surface area contributed by atoms with Crippen LogP contribution >= 0.6 is 0 Å². The maximum absolute atomic E-state index is 14.8. The van der Waals surface area contributed by atoms with E-state index in [4.69, 9.17) is 17.2 Å². The molecule has 0 aromatic heterocycles. The third-order valence-corrected chi connectivity index (χ3v) is 5.25. The number of primary amides is 2. The second kappa shape index (κ2) is 8.38. The average molecular weight is 447 g/mol. The van der Waals surface area contributed by atoms with Crippen LogP contribution in [0, 0.1) is 11.6 Å². The lowest BCUT2D eigenvalue weighted by molar-refractivity contribution is -0.119. The van der Waals surface area contributed by atoms with Crippen LogP contribution in [-0.4, -0.2) is 22.4 Å². The van der Waals surface area contributed by atoms with Crippen LogP contribution in [0.1, 0.15) is 35.2 Å². The van der Waals surface area contributed by atoms with Gasteiger partial charge in [0.25, 0.3) is 5.91 Å². The van der Waals surface area contributed by atoms with E-state index >= 15 is 0 Å². The Morgan fingerprint density at radius 2 is 1.87 bits per heavy atom. The number of halogens is 2. The first kappa shape index (κ1) is 22.3. The van der Waals surface area contributed by atoms with E-state index in [9.17, 15) is 18.4 Å². The van der Waals surface area contributed by atoms with E-state index in [1.54, 1.807) is 19.1 Å². The summed E-state index contributed by atoms with van der Waals surface area (Å²) in [6, 6.07) is 8.14. The first-order valence-electron chi connectivity index (χ1n) is 9.25. The molecule has 1 saturated carbocycles. The van der Waals surface area contributed by atoms with Gasteiger partial charge in [0, 0.05) is 30.3 Å². The number of nitrogens with one attached hydrogen (secondary N) is 1. The van der Waals surface area contributed by atoms with Crippen molar-refractivity contribution in [1.29, 1.82) is 0 Å². The predicted octanol–water partition coefficient (Wildman–Crippen LogP) is 1.79. The number of aliphatic imine (C=N–C) groups is 1. The summed E-state index contributed by atoms with van der Waals surface area (Å²) < 4.78 is 29.0. The van der Waals surface area contributed by atoms with Gasteiger partial charge in [-0.25, -0.2) is 13.8 Å². The molecule has 0 aliphatic heterocycles. The van der Waals surface area contributed by atoms with Crippen molar-refractivity contribution in [2.75, 3.05) is 5.32 Å². The van der Waals surface area contributed by atoms with E-state index in [-0.39, 0.29) is 28.4 Å². The van der Waals surface area contributed by atoms with Gasteiger partial charge in [0.05, 0.1) is 16.9 Å². The summed E-state index contributed by atoms with van der Waals surface area (Å²) in [6.45, 7) is 1.63. The van der Waals surface area contributed by atoms with Crippen molar-refractivity contribution in [3.8, 4) is 0 Å². The van der Waals surface area contributed by atoms with Gasteiger partial charge in [0.15, 0.2) is 0 Å². The van der Waals surface area contributed by atoms with Gasteiger partial charge in [-0.05, 0) is 37.1 Å². The summed E-state index contributed by atoms with van der Waals surface area (Å²) in [5.74, 6) is -3.56. The molecule has 31 heavy (non-hydrogen) atoms. The SMILES string of the molecule is CC(N)=CC([SH2+])=Nc1cc(NC2(C(N)=O)CC2c2ccccc2F)c(F)cc1C(N)=O. The number of carbonyl (C=O) groups excluding carboxylic acids is 2. The molecule has 2 unspecified atom stereocenters. The maximum Gasteiger partial charge on any atom is 0.251 e. The highest BCUT2D eigenvalue weighted by molar-refractivity contribution is 7.78. The van der Waals surface area contributed by atoms with E-state index in [0.717, 1.165) is 6.07 Å². The van der Waals surface area contributed by atoms with Crippen LogP contribution in [-0.2, 0) is 17.4 Å². The van der Waals surface area contributed by atoms with Crippen LogP contribution in [0.3, 0.4) is 0 Å². The molecule has 10 heteroatoms. The number of hydrogen-bond acceptors (Lipinski definition) is 5. The standard InChI is InChI=1S/C21H21F2N5O2S/c1-10(24)6-18(31)27-16-8-17(15(23)7-12(16)19(25)29)28-21(20(26)30)9-13(21)11-4-2-3-5-14(11)22/h2-8,13,28H,9,24H2,1H3,(H2,25,29)(H2,26,30)(H,27,31)/p+1. The highest BCUT2D eigenvalue weighted by Crippen LogP contribution is 2.54. The van der Waals surface area contributed by atoms with E-state index in [1.165, 1.54) is 24.3 Å². The summed E-state index contributed by atoms with van der Waals surface area (Å²) in [6.07, 6.45) is 1.66. The molecule has 2 atom stereocenters. The summed E-state index contributed by atoms with van der Waals surface area (Å²) >= 11 is 3.26. The van der Waals surface area contributed by atoms with Gasteiger partial charge in [-0.15, -0.1) is 0 Å². The van der Waals surface area contributed by atoms with E-state index in [2.05, 4.69) is 22.9 Å². The molecule has 2 aromatic carbocycles. The number of allylic oxidation sites excluding steroid dienone is 1. The van der Waals surface area contributed by atoms with Gasteiger partial charge in [-0.1, -0.05) is 18.2 Å². The highest BCUT2D eigenvalue weighted by Gasteiger charge is 2.61. The summed E-state index contributed by atoms with van der Waals surface area (Å²) in [5.41, 5.74) is 15.6. The van der Waals surface area contributed by atoms with E-state index in [0.29, 0.717) is 11.3 Å². The minimum Gasteiger partial charge on any atom is -0.402 e. The van der Waals surface area contributed by atoms with E-state index < -0.39 is 34.9 Å². The Balaban J connectivity index is 2.03. The minimum absolute atomic E-state index is 0.0432. The molecule has 0 heterocycles. The van der Waals surface area contributed by atoms with Gasteiger partial charge < -0.3 is 22.5 Å². The zero-order chi connectivity index (χ0) is 22.9. The number of carbonyl (C=O) groups is 2. The zero-order valence-electron chi connectivity index (χ0n) is 16.6. The second-order valence-electron chi connectivity index (χ2n) is 7.34. The lowest BCUT2D eigenvalue weighted by Gasteiger charge is -2.19. The van der Waals surface area contributed by atoms with Crippen LogP contribution < -0.4 is 22.5 Å². The molecule has 0 radical (unpaired) electrons. The van der Waals surface area contributed by atoms with Crippen LogP contribution in [0.4, 0.5) is 20.2 Å². The number of hydrogen-bond donors (Lipinski definition) is 4. The number of benzene rings is 2. The van der Waals surface area contributed by atoms with Crippen molar-refractivity contribution in [1.82, 2.24) is 0 Å². The van der Waals surface area contributed by atoms with Gasteiger partial charge >= 0.3 is 0 Å². The fourth-order valence-corrected chi connectivity index (χ4v) is 3.78. The Hall–Kier alpha value is -3.40. The zero-order valence-corrected chi connectivity index (χ0v) is 17.6. The average Bonchev–Trinajstić information content (AvgIpc) is 3.39. The topological polar surface area (TPSA) is 137 Å². The number of anilines is 1. The fourth-order valence-electron chi connectivity index (χ4n) is 3.43. The maximum atomic E-state index is 14.8. The molecular formula is C21H22F2N5O2S+. The van der Waals surface area contributed by atoms with Crippen LogP contribution in [0.15, 0.2) is 53.2 Å². The molecule has 0 saturated heterocycles.